The van der Waals surface area contributed by atoms with Crippen LogP contribution in [0.15, 0.2) is 37.8 Å². The van der Waals surface area contributed by atoms with Crippen molar-refractivity contribution in [2.45, 2.75) is 0 Å². The summed E-state index contributed by atoms with van der Waals surface area (Å²) in [6.45, 7) is 0. The lowest BCUT2D eigenvalue weighted by Gasteiger charge is -2.03. The van der Waals surface area contributed by atoms with Crippen LogP contribution in [0.5, 0.6) is 0 Å². The fraction of sp³-hybridized carbons (Fsp3) is 0. The minimum Gasteiger partial charge on any atom is -0.446 e. The predicted molar refractivity (Wildman–Crippen MR) is 69.0 cm³/mol. The molecule has 0 bridgehead atoms. The van der Waals surface area contributed by atoms with E-state index < -0.39 is 11.6 Å². The molecule has 2 rings (SSSR count). The third-order valence-electron chi connectivity index (χ3n) is 2.08. The summed E-state index contributed by atoms with van der Waals surface area (Å²) in [6.07, 6.45) is 0. The van der Waals surface area contributed by atoms with Gasteiger partial charge in [-0.15, -0.1) is 0 Å². The Morgan fingerprint density at radius 2 is 1.94 bits per heavy atom. The Bertz CT molecular complexity index is 595. The van der Waals surface area contributed by atoms with Gasteiger partial charge >= 0.3 is 0 Å². The standard InChI is InChI=1S/C11H4Br2ClFO2/c12-6-2-1-5(10(15)9(6)14)11(16)7-3-4-8(13)17-7/h1-4H. The summed E-state index contributed by atoms with van der Waals surface area (Å²) in [5.74, 6) is -1.27. The van der Waals surface area contributed by atoms with E-state index in [4.69, 9.17) is 16.0 Å². The Hall–Kier alpha value is -0.650. The Balaban J connectivity index is 2.48. The van der Waals surface area contributed by atoms with Gasteiger partial charge in [-0.05, 0) is 56.1 Å². The molecule has 6 heteroatoms. The van der Waals surface area contributed by atoms with Crippen molar-refractivity contribution in [3.63, 3.8) is 0 Å². The minimum atomic E-state index is -0.765. The van der Waals surface area contributed by atoms with Crippen LogP contribution >= 0.6 is 43.5 Å². The van der Waals surface area contributed by atoms with Gasteiger partial charge in [0.25, 0.3) is 0 Å². The normalized spacial score (nSPS) is 10.6. The molecule has 0 saturated carbocycles. The van der Waals surface area contributed by atoms with Gasteiger partial charge < -0.3 is 4.42 Å². The molecule has 0 aliphatic heterocycles. The quantitative estimate of drug-likeness (QED) is 0.550. The van der Waals surface area contributed by atoms with Gasteiger partial charge in [0.1, 0.15) is 0 Å². The molecule has 0 aliphatic rings. The van der Waals surface area contributed by atoms with Crippen molar-refractivity contribution in [2.24, 2.45) is 0 Å². The van der Waals surface area contributed by atoms with Gasteiger partial charge in [0.05, 0.1) is 10.6 Å². The predicted octanol–water partition coefficient (Wildman–Crippen LogP) is 4.83. The first kappa shape index (κ1) is 12.8. The van der Waals surface area contributed by atoms with Crippen molar-refractivity contribution in [3.05, 3.63) is 55.6 Å². The number of carbonyl (C=O) groups is 1. The monoisotopic (exact) mass is 380 g/mol. The zero-order valence-corrected chi connectivity index (χ0v) is 12.1. The molecule has 0 atom stereocenters. The van der Waals surface area contributed by atoms with Gasteiger partial charge in [0.2, 0.25) is 5.78 Å². The van der Waals surface area contributed by atoms with Crippen molar-refractivity contribution >= 4 is 49.2 Å². The zero-order chi connectivity index (χ0) is 12.6. The highest BCUT2D eigenvalue weighted by atomic mass is 79.9. The lowest BCUT2D eigenvalue weighted by molar-refractivity contribution is 0.100. The molecule has 2 nitrogen and oxygen atoms in total. The number of hydrogen-bond donors (Lipinski definition) is 0. The van der Waals surface area contributed by atoms with E-state index in [1.807, 2.05) is 0 Å². The number of ketones is 1. The van der Waals surface area contributed by atoms with Gasteiger partial charge in [-0.25, -0.2) is 4.39 Å². The summed E-state index contributed by atoms with van der Waals surface area (Å²) in [5, 5.41) is -0.124. The van der Waals surface area contributed by atoms with E-state index in [0.717, 1.165) is 0 Å². The molecule has 0 N–H and O–H groups in total. The Morgan fingerprint density at radius 1 is 1.24 bits per heavy atom. The SMILES string of the molecule is O=C(c1ccc(Br)o1)c1ccc(Br)c(Cl)c1F. The molecule has 1 heterocycles. The maximum atomic E-state index is 13.8. The van der Waals surface area contributed by atoms with Crippen LogP contribution in [0.3, 0.4) is 0 Å². The number of hydrogen-bond acceptors (Lipinski definition) is 2. The molecule has 17 heavy (non-hydrogen) atoms. The van der Waals surface area contributed by atoms with E-state index in [0.29, 0.717) is 9.14 Å². The summed E-state index contributed by atoms with van der Waals surface area (Å²) < 4.78 is 19.6. The van der Waals surface area contributed by atoms with Crippen LogP contribution in [0.2, 0.25) is 5.02 Å². The van der Waals surface area contributed by atoms with Gasteiger partial charge in [-0.2, -0.15) is 0 Å². The lowest BCUT2D eigenvalue weighted by atomic mass is 10.1. The summed E-state index contributed by atoms with van der Waals surface area (Å²) in [5.41, 5.74) is -0.125. The zero-order valence-electron chi connectivity index (χ0n) is 8.14. The van der Waals surface area contributed by atoms with Gasteiger partial charge in [0.15, 0.2) is 16.2 Å². The van der Waals surface area contributed by atoms with Crippen LogP contribution < -0.4 is 0 Å². The van der Waals surface area contributed by atoms with Crippen LogP contribution in [-0.4, -0.2) is 5.78 Å². The highest BCUT2D eigenvalue weighted by molar-refractivity contribution is 9.10. The molecule has 0 amide bonds. The molecule has 0 radical (unpaired) electrons. The van der Waals surface area contributed by atoms with Crippen molar-refractivity contribution in [1.82, 2.24) is 0 Å². The number of rotatable bonds is 2. The molecule has 2 aromatic rings. The molecule has 0 fully saturated rings. The third kappa shape index (κ3) is 2.46. The summed E-state index contributed by atoms with van der Waals surface area (Å²) in [7, 11) is 0. The van der Waals surface area contributed by atoms with Crippen molar-refractivity contribution in [3.8, 4) is 0 Å². The second-order valence-corrected chi connectivity index (χ2v) is 5.17. The van der Waals surface area contributed by atoms with Crippen LogP contribution in [0.25, 0.3) is 0 Å². The van der Waals surface area contributed by atoms with Gasteiger partial charge in [-0.3, -0.25) is 4.79 Å². The van der Waals surface area contributed by atoms with Crippen LogP contribution in [0.4, 0.5) is 4.39 Å². The summed E-state index contributed by atoms with van der Waals surface area (Å²) >= 11 is 11.9. The summed E-state index contributed by atoms with van der Waals surface area (Å²) in [6, 6.07) is 5.88. The number of carbonyl (C=O) groups excluding carboxylic acids is 1. The van der Waals surface area contributed by atoms with E-state index >= 15 is 0 Å². The van der Waals surface area contributed by atoms with E-state index in [1.54, 1.807) is 6.07 Å². The van der Waals surface area contributed by atoms with Crippen molar-refractivity contribution < 1.29 is 13.6 Å². The van der Waals surface area contributed by atoms with E-state index in [2.05, 4.69) is 31.9 Å². The fourth-order valence-electron chi connectivity index (χ4n) is 1.27. The Labute approximate surface area is 118 Å². The molecule has 1 aromatic heterocycles. The second-order valence-electron chi connectivity index (χ2n) is 3.16. The van der Waals surface area contributed by atoms with E-state index in [1.165, 1.54) is 18.2 Å². The topological polar surface area (TPSA) is 30.2 Å². The third-order valence-corrected chi connectivity index (χ3v) is 3.76. The number of benzene rings is 1. The molecule has 1 aromatic carbocycles. The minimum absolute atomic E-state index is 0.0502. The first-order chi connectivity index (χ1) is 8.00. The smallest absolute Gasteiger partial charge is 0.231 e. The van der Waals surface area contributed by atoms with Crippen molar-refractivity contribution in [1.29, 1.82) is 0 Å². The molecule has 0 aliphatic carbocycles. The van der Waals surface area contributed by atoms with Crippen LogP contribution in [0.1, 0.15) is 16.1 Å². The number of halogens is 4. The highest BCUT2D eigenvalue weighted by Gasteiger charge is 2.20. The molecular formula is C11H4Br2ClFO2. The van der Waals surface area contributed by atoms with E-state index in [9.17, 15) is 9.18 Å². The average molecular weight is 382 g/mol. The maximum Gasteiger partial charge on any atom is 0.231 e. The van der Waals surface area contributed by atoms with Crippen molar-refractivity contribution in [2.75, 3.05) is 0 Å². The lowest BCUT2D eigenvalue weighted by Crippen LogP contribution is -2.03. The Kier molecular flexibility index (Phi) is 3.70. The van der Waals surface area contributed by atoms with E-state index in [-0.39, 0.29) is 16.3 Å². The largest absolute Gasteiger partial charge is 0.446 e. The second kappa shape index (κ2) is 4.92. The highest BCUT2D eigenvalue weighted by Crippen LogP contribution is 2.29. The molecule has 0 saturated heterocycles. The first-order valence-corrected chi connectivity index (χ1v) is 6.40. The summed E-state index contributed by atoms with van der Waals surface area (Å²) in [4.78, 5) is 11.9. The fourth-order valence-corrected chi connectivity index (χ4v) is 2.05. The van der Waals surface area contributed by atoms with Gasteiger partial charge in [-0.1, -0.05) is 11.6 Å². The average Bonchev–Trinajstić information content (AvgIpc) is 2.72. The maximum absolute atomic E-state index is 13.8. The van der Waals surface area contributed by atoms with Crippen LogP contribution in [0, 0.1) is 5.82 Å². The van der Waals surface area contributed by atoms with Crippen LogP contribution in [-0.2, 0) is 0 Å². The first-order valence-electron chi connectivity index (χ1n) is 4.44. The molecular weight excluding hydrogens is 378 g/mol. The molecule has 88 valence electrons. The van der Waals surface area contributed by atoms with Gasteiger partial charge in [0, 0.05) is 4.47 Å². The molecule has 0 unspecified atom stereocenters. The number of furan rings is 1. The Morgan fingerprint density at radius 3 is 2.53 bits per heavy atom. The molecule has 0 spiro atoms.